The molecule has 0 atom stereocenters. The van der Waals surface area contributed by atoms with E-state index in [2.05, 4.69) is 15.2 Å². The Morgan fingerprint density at radius 2 is 2.05 bits per heavy atom. The SMILES string of the molecule is CCOC(OCC)c1nc(-c2cc(Cl)cn2C)n[nH]1. The first-order chi connectivity index (χ1) is 9.15. The molecule has 0 aliphatic rings. The summed E-state index contributed by atoms with van der Waals surface area (Å²) in [6.45, 7) is 4.88. The molecule has 104 valence electrons. The van der Waals surface area contributed by atoms with Gasteiger partial charge in [0.25, 0.3) is 0 Å². The standard InChI is InChI=1S/C12H17ClN4O2/c1-4-18-12(19-5-2)11-14-10(15-16-11)9-6-8(13)7-17(9)3/h6-7,12H,4-5H2,1-3H3,(H,14,15,16). The van der Waals surface area contributed by atoms with Crippen LogP contribution in [0.15, 0.2) is 12.3 Å². The smallest absolute Gasteiger partial charge is 0.218 e. The second-order valence-corrected chi connectivity index (χ2v) is 4.38. The van der Waals surface area contributed by atoms with Gasteiger partial charge in [-0.3, -0.25) is 5.10 Å². The Hall–Kier alpha value is -1.37. The van der Waals surface area contributed by atoms with Gasteiger partial charge < -0.3 is 14.0 Å². The van der Waals surface area contributed by atoms with Crippen LogP contribution in [0.5, 0.6) is 0 Å². The molecule has 0 bridgehead atoms. The molecule has 19 heavy (non-hydrogen) atoms. The Kier molecular flexibility index (Phi) is 4.57. The summed E-state index contributed by atoms with van der Waals surface area (Å²) in [5, 5.41) is 7.66. The van der Waals surface area contributed by atoms with Crippen molar-refractivity contribution in [3.8, 4) is 11.5 Å². The van der Waals surface area contributed by atoms with Gasteiger partial charge in [0.2, 0.25) is 6.29 Å². The van der Waals surface area contributed by atoms with Crippen LogP contribution in [0.4, 0.5) is 0 Å². The lowest BCUT2D eigenvalue weighted by atomic mass is 10.4. The van der Waals surface area contributed by atoms with Gasteiger partial charge in [0.1, 0.15) is 0 Å². The first kappa shape index (κ1) is 14.0. The van der Waals surface area contributed by atoms with Gasteiger partial charge in [-0.05, 0) is 19.9 Å². The third-order valence-electron chi connectivity index (χ3n) is 2.56. The molecule has 0 saturated carbocycles. The van der Waals surface area contributed by atoms with E-state index in [1.54, 1.807) is 6.20 Å². The van der Waals surface area contributed by atoms with Crippen LogP contribution in [0.1, 0.15) is 26.0 Å². The summed E-state index contributed by atoms with van der Waals surface area (Å²) in [6, 6.07) is 1.81. The number of aryl methyl sites for hydroxylation is 1. The summed E-state index contributed by atoms with van der Waals surface area (Å²) >= 11 is 5.95. The Morgan fingerprint density at radius 3 is 2.58 bits per heavy atom. The molecule has 2 aromatic rings. The summed E-state index contributed by atoms with van der Waals surface area (Å²) in [4.78, 5) is 4.40. The first-order valence-electron chi connectivity index (χ1n) is 6.13. The molecule has 6 nitrogen and oxygen atoms in total. The van der Waals surface area contributed by atoms with Crippen molar-refractivity contribution in [3.05, 3.63) is 23.1 Å². The molecule has 0 amide bonds. The van der Waals surface area contributed by atoms with Gasteiger partial charge in [-0.1, -0.05) is 11.6 Å². The van der Waals surface area contributed by atoms with Crippen molar-refractivity contribution < 1.29 is 9.47 Å². The zero-order chi connectivity index (χ0) is 13.8. The topological polar surface area (TPSA) is 65.0 Å². The molecule has 0 aliphatic heterocycles. The molecular weight excluding hydrogens is 268 g/mol. The number of aromatic amines is 1. The highest BCUT2D eigenvalue weighted by molar-refractivity contribution is 6.30. The van der Waals surface area contributed by atoms with Crippen LogP contribution in [0, 0.1) is 0 Å². The Morgan fingerprint density at radius 1 is 1.37 bits per heavy atom. The minimum absolute atomic E-state index is 0.521. The van der Waals surface area contributed by atoms with Gasteiger partial charge in [-0.2, -0.15) is 5.10 Å². The summed E-state index contributed by atoms with van der Waals surface area (Å²) < 4.78 is 12.8. The Labute approximate surface area is 116 Å². The maximum atomic E-state index is 5.95. The lowest BCUT2D eigenvalue weighted by molar-refractivity contribution is -0.145. The summed E-state index contributed by atoms with van der Waals surface area (Å²) in [6.07, 6.45) is 1.28. The fourth-order valence-electron chi connectivity index (χ4n) is 1.75. The highest BCUT2D eigenvalue weighted by Gasteiger charge is 2.18. The van der Waals surface area contributed by atoms with E-state index in [9.17, 15) is 0 Å². The van der Waals surface area contributed by atoms with Gasteiger partial charge in [0.15, 0.2) is 11.6 Å². The normalized spacial score (nSPS) is 11.4. The van der Waals surface area contributed by atoms with Crippen molar-refractivity contribution >= 4 is 11.6 Å². The van der Waals surface area contributed by atoms with Crippen LogP contribution in [0.25, 0.3) is 11.5 Å². The molecule has 0 radical (unpaired) electrons. The minimum Gasteiger partial charge on any atom is -0.346 e. The van der Waals surface area contributed by atoms with E-state index in [1.807, 2.05) is 31.5 Å². The lowest BCUT2D eigenvalue weighted by Gasteiger charge is -2.13. The molecule has 0 aliphatic carbocycles. The van der Waals surface area contributed by atoms with E-state index in [0.29, 0.717) is 29.9 Å². The maximum absolute atomic E-state index is 5.95. The third-order valence-corrected chi connectivity index (χ3v) is 2.77. The van der Waals surface area contributed by atoms with Crippen LogP contribution in [0.3, 0.4) is 0 Å². The molecule has 0 spiro atoms. The second-order valence-electron chi connectivity index (χ2n) is 3.94. The summed E-state index contributed by atoms with van der Waals surface area (Å²) in [7, 11) is 1.89. The van der Waals surface area contributed by atoms with E-state index in [4.69, 9.17) is 21.1 Å². The van der Waals surface area contributed by atoms with E-state index in [1.165, 1.54) is 0 Å². The predicted octanol–water partition coefficient (Wildman–Crippen LogP) is 2.54. The van der Waals surface area contributed by atoms with Crippen molar-refractivity contribution in [2.24, 2.45) is 7.05 Å². The summed E-state index contributed by atoms with van der Waals surface area (Å²) in [5.41, 5.74) is 0.833. The molecule has 0 aromatic carbocycles. The van der Waals surface area contributed by atoms with E-state index < -0.39 is 6.29 Å². The molecular formula is C12H17ClN4O2. The van der Waals surface area contributed by atoms with Crippen molar-refractivity contribution in [1.29, 1.82) is 0 Å². The molecule has 2 rings (SSSR count). The molecule has 2 heterocycles. The van der Waals surface area contributed by atoms with Crippen LogP contribution < -0.4 is 0 Å². The zero-order valence-corrected chi connectivity index (χ0v) is 11.9. The van der Waals surface area contributed by atoms with Gasteiger partial charge in [0, 0.05) is 26.5 Å². The molecule has 0 saturated heterocycles. The maximum Gasteiger partial charge on any atom is 0.218 e. The van der Waals surface area contributed by atoms with E-state index in [0.717, 1.165) is 5.69 Å². The number of nitrogens with zero attached hydrogens (tertiary/aromatic N) is 3. The fourth-order valence-corrected chi connectivity index (χ4v) is 2.00. The van der Waals surface area contributed by atoms with Crippen molar-refractivity contribution in [2.75, 3.05) is 13.2 Å². The highest BCUT2D eigenvalue weighted by atomic mass is 35.5. The fraction of sp³-hybridized carbons (Fsp3) is 0.500. The number of rotatable bonds is 6. The van der Waals surface area contributed by atoms with E-state index >= 15 is 0 Å². The van der Waals surface area contributed by atoms with Gasteiger partial charge in [0.05, 0.1) is 10.7 Å². The number of ether oxygens (including phenoxy) is 2. The number of halogens is 1. The van der Waals surface area contributed by atoms with Crippen LogP contribution in [-0.4, -0.2) is 33.0 Å². The van der Waals surface area contributed by atoms with Gasteiger partial charge >= 0.3 is 0 Å². The van der Waals surface area contributed by atoms with Crippen molar-refractivity contribution in [3.63, 3.8) is 0 Å². The molecule has 0 fully saturated rings. The van der Waals surface area contributed by atoms with Crippen LogP contribution in [-0.2, 0) is 16.5 Å². The van der Waals surface area contributed by atoms with Crippen molar-refractivity contribution in [2.45, 2.75) is 20.1 Å². The Bertz CT molecular complexity index is 532. The number of hydrogen-bond donors (Lipinski definition) is 1. The number of nitrogens with one attached hydrogen (secondary N) is 1. The quantitative estimate of drug-likeness (QED) is 0.828. The molecule has 7 heteroatoms. The van der Waals surface area contributed by atoms with Crippen LogP contribution in [0.2, 0.25) is 5.02 Å². The highest BCUT2D eigenvalue weighted by Crippen LogP contribution is 2.23. The van der Waals surface area contributed by atoms with Crippen LogP contribution >= 0.6 is 11.6 Å². The average Bonchev–Trinajstić information content (AvgIpc) is 2.95. The molecule has 2 aromatic heterocycles. The molecule has 0 unspecified atom stereocenters. The number of hydrogen-bond acceptors (Lipinski definition) is 4. The largest absolute Gasteiger partial charge is 0.346 e. The van der Waals surface area contributed by atoms with Gasteiger partial charge in [-0.15, -0.1) is 0 Å². The number of aromatic nitrogens is 4. The molecule has 1 N–H and O–H groups in total. The number of H-pyrrole nitrogens is 1. The second kappa shape index (κ2) is 6.18. The average molecular weight is 285 g/mol. The zero-order valence-electron chi connectivity index (χ0n) is 11.2. The summed E-state index contributed by atoms with van der Waals surface area (Å²) in [5.74, 6) is 1.12. The monoisotopic (exact) mass is 284 g/mol. The minimum atomic E-state index is -0.521. The van der Waals surface area contributed by atoms with Gasteiger partial charge in [-0.25, -0.2) is 4.98 Å². The Balaban J connectivity index is 2.24. The third kappa shape index (κ3) is 3.15. The lowest BCUT2D eigenvalue weighted by Crippen LogP contribution is -2.10. The predicted molar refractivity (Wildman–Crippen MR) is 71.8 cm³/mol. The van der Waals surface area contributed by atoms with Crippen molar-refractivity contribution in [1.82, 2.24) is 19.7 Å². The first-order valence-corrected chi connectivity index (χ1v) is 6.51. The van der Waals surface area contributed by atoms with E-state index in [-0.39, 0.29) is 0 Å².